The second-order valence-electron chi connectivity index (χ2n) is 6.39. The van der Waals surface area contributed by atoms with Crippen molar-refractivity contribution < 1.29 is 14.3 Å². The molecule has 4 heteroatoms. The Balaban J connectivity index is 1.99. The Morgan fingerprint density at radius 3 is 2.06 bits per heavy atom. The molecule has 102 valence electrons. The predicted octanol–water partition coefficient (Wildman–Crippen LogP) is 2.90. The standard InChI is InChI=1S/C14H23NO3/c1-14(2,3)18-13(17)15(10-4-5-10)11-6-8-12(16)9-7-11/h10-11H,4-9H2,1-3H3. The molecule has 0 aromatic rings. The molecule has 0 aromatic heterocycles. The minimum absolute atomic E-state index is 0.199. The van der Waals surface area contributed by atoms with E-state index in [9.17, 15) is 9.59 Å². The quantitative estimate of drug-likeness (QED) is 0.760. The van der Waals surface area contributed by atoms with E-state index in [1.54, 1.807) is 0 Å². The number of rotatable bonds is 2. The molecule has 0 spiro atoms. The fraction of sp³-hybridized carbons (Fsp3) is 0.857. The summed E-state index contributed by atoms with van der Waals surface area (Å²) in [4.78, 5) is 25.4. The molecule has 2 aliphatic carbocycles. The van der Waals surface area contributed by atoms with Gasteiger partial charge in [-0.05, 0) is 46.5 Å². The van der Waals surface area contributed by atoms with Gasteiger partial charge in [-0.3, -0.25) is 4.79 Å². The number of nitrogens with zero attached hydrogens (tertiary/aromatic N) is 1. The van der Waals surface area contributed by atoms with E-state index in [1.165, 1.54) is 0 Å². The van der Waals surface area contributed by atoms with Crippen molar-refractivity contribution in [1.29, 1.82) is 0 Å². The summed E-state index contributed by atoms with van der Waals surface area (Å²) in [6, 6.07) is 0.545. The van der Waals surface area contributed by atoms with E-state index in [0.717, 1.165) is 25.7 Å². The minimum Gasteiger partial charge on any atom is -0.444 e. The van der Waals surface area contributed by atoms with Crippen molar-refractivity contribution in [2.75, 3.05) is 0 Å². The van der Waals surface area contributed by atoms with Gasteiger partial charge in [-0.1, -0.05) is 0 Å². The third-order valence-corrected chi connectivity index (χ3v) is 3.45. The highest BCUT2D eigenvalue weighted by Gasteiger charge is 2.40. The van der Waals surface area contributed by atoms with Gasteiger partial charge in [0.1, 0.15) is 11.4 Å². The fourth-order valence-electron chi connectivity index (χ4n) is 2.47. The Labute approximate surface area is 109 Å². The van der Waals surface area contributed by atoms with Gasteiger partial charge in [0.25, 0.3) is 0 Å². The van der Waals surface area contributed by atoms with Crippen LogP contribution in [-0.4, -0.2) is 34.5 Å². The lowest BCUT2D eigenvalue weighted by Gasteiger charge is -2.35. The predicted molar refractivity (Wildman–Crippen MR) is 68.4 cm³/mol. The maximum absolute atomic E-state index is 12.2. The number of ketones is 1. The number of carbonyl (C=O) groups is 2. The first-order chi connectivity index (χ1) is 8.37. The van der Waals surface area contributed by atoms with Gasteiger partial charge < -0.3 is 9.64 Å². The van der Waals surface area contributed by atoms with Crippen LogP contribution in [0, 0.1) is 0 Å². The molecule has 2 aliphatic rings. The van der Waals surface area contributed by atoms with Crippen molar-refractivity contribution in [3.8, 4) is 0 Å². The topological polar surface area (TPSA) is 46.6 Å². The summed E-state index contributed by atoms with van der Waals surface area (Å²) in [5.41, 5.74) is -0.450. The summed E-state index contributed by atoms with van der Waals surface area (Å²) < 4.78 is 5.48. The number of ether oxygens (including phenoxy) is 1. The SMILES string of the molecule is CC(C)(C)OC(=O)N(C1CCC(=O)CC1)C1CC1. The van der Waals surface area contributed by atoms with Crippen LogP contribution in [0.1, 0.15) is 59.3 Å². The average Bonchev–Trinajstić information content (AvgIpc) is 3.03. The minimum atomic E-state index is -0.450. The van der Waals surface area contributed by atoms with E-state index in [1.807, 2.05) is 25.7 Å². The summed E-state index contributed by atoms with van der Waals surface area (Å²) in [6.07, 6.45) is 4.76. The molecule has 2 fully saturated rings. The second kappa shape index (κ2) is 4.90. The van der Waals surface area contributed by atoms with Crippen molar-refractivity contribution in [2.24, 2.45) is 0 Å². The van der Waals surface area contributed by atoms with Crippen molar-refractivity contribution in [1.82, 2.24) is 4.90 Å². The van der Waals surface area contributed by atoms with Gasteiger partial charge in [-0.15, -0.1) is 0 Å². The first kappa shape index (κ1) is 13.4. The van der Waals surface area contributed by atoms with Crippen LogP contribution in [0.2, 0.25) is 0 Å². The maximum Gasteiger partial charge on any atom is 0.410 e. The van der Waals surface area contributed by atoms with Gasteiger partial charge in [0.15, 0.2) is 0 Å². The van der Waals surface area contributed by atoms with Crippen LogP contribution in [0.5, 0.6) is 0 Å². The van der Waals surface area contributed by atoms with Gasteiger partial charge in [0.05, 0.1) is 0 Å². The summed E-state index contributed by atoms with van der Waals surface area (Å²) in [5.74, 6) is 0.325. The lowest BCUT2D eigenvalue weighted by Crippen LogP contribution is -2.46. The molecule has 0 aromatic carbocycles. The Morgan fingerprint density at radius 1 is 1.11 bits per heavy atom. The first-order valence-electron chi connectivity index (χ1n) is 6.90. The molecule has 0 unspecified atom stereocenters. The van der Waals surface area contributed by atoms with E-state index >= 15 is 0 Å². The van der Waals surface area contributed by atoms with E-state index < -0.39 is 5.60 Å². The molecular formula is C14H23NO3. The van der Waals surface area contributed by atoms with Gasteiger partial charge in [-0.25, -0.2) is 4.79 Å². The summed E-state index contributed by atoms with van der Waals surface area (Å²) >= 11 is 0. The molecule has 0 radical (unpaired) electrons. The highest BCUT2D eigenvalue weighted by molar-refractivity contribution is 5.79. The smallest absolute Gasteiger partial charge is 0.410 e. The van der Waals surface area contributed by atoms with Gasteiger partial charge >= 0.3 is 6.09 Å². The van der Waals surface area contributed by atoms with Crippen molar-refractivity contribution >= 4 is 11.9 Å². The molecule has 0 bridgehead atoms. The van der Waals surface area contributed by atoms with E-state index in [2.05, 4.69) is 0 Å². The zero-order valence-electron chi connectivity index (χ0n) is 11.6. The van der Waals surface area contributed by atoms with Crippen LogP contribution in [0.15, 0.2) is 0 Å². The molecule has 0 N–H and O–H groups in total. The third-order valence-electron chi connectivity index (χ3n) is 3.45. The largest absolute Gasteiger partial charge is 0.444 e. The lowest BCUT2D eigenvalue weighted by molar-refractivity contribution is -0.121. The van der Waals surface area contributed by atoms with Gasteiger partial charge in [-0.2, -0.15) is 0 Å². The molecule has 18 heavy (non-hydrogen) atoms. The van der Waals surface area contributed by atoms with Crippen LogP contribution < -0.4 is 0 Å². The Morgan fingerprint density at radius 2 is 1.61 bits per heavy atom. The molecule has 0 atom stereocenters. The summed E-state index contributed by atoms with van der Waals surface area (Å²) in [5, 5.41) is 0. The molecule has 1 amide bonds. The highest BCUT2D eigenvalue weighted by Crippen LogP contribution is 2.34. The number of hydrogen-bond acceptors (Lipinski definition) is 3. The first-order valence-corrected chi connectivity index (χ1v) is 6.90. The van der Waals surface area contributed by atoms with Crippen molar-refractivity contribution in [3.63, 3.8) is 0 Å². The number of Topliss-reactive ketones (excluding diaryl/α,β-unsaturated/α-hetero) is 1. The van der Waals surface area contributed by atoms with Crippen LogP contribution in [0.4, 0.5) is 4.79 Å². The van der Waals surface area contributed by atoms with Crippen LogP contribution in [0.25, 0.3) is 0 Å². The zero-order valence-corrected chi connectivity index (χ0v) is 11.6. The zero-order chi connectivity index (χ0) is 13.3. The van der Waals surface area contributed by atoms with Crippen molar-refractivity contribution in [3.05, 3.63) is 0 Å². The monoisotopic (exact) mass is 253 g/mol. The molecule has 0 aliphatic heterocycles. The molecular weight excluding hydrogens is 230 g/mol. The van der Waals surface area contributed by atoms with Crippen molar-refractivity contribution in [2.45, 2.75) is 77.0 Å². The lowest BCUT2D eigenvalue weighted by atomic mass is 9.93. The molecule has 2 rings (SSSR count). The second-order valence-corrected chi connectivity index (χ2v) is 6.39. The van der Waals surface area contributed by atoms with E-state index in [0.29, 0.717) is 24.7 Å². The number of hydrogen-bond donors (Lipinski definition) is 0. The summed E-state index contributed by atoms with van der Waals surface area (Å²) in [6.45, 7) is 5.67. The number of carbonyl (C=O) groups excluding carboxylic acids is 2. The van der Waals surface area contributed by atoms with Crippen LogP contribution in [0.3, 0.4) is 0 Å². The average molecular weight is 253 g/mol. The Kier molecular flexibility index (Phi) is 3.64. The van der Waals surface area contributed by atoms with Crippen LogP contribution >= 0.6 is 0 Å². The maximum atomic E-state index is 12.2. The fourth-order valence-corrected chi connectivity index (χ4v) is 2.47. The molecule has 4 nitrogen and oxygen atoms in total. The molecule has 0 saturated heterocycles. The van der Waals surface area contributed by atoms with Gasteiger partial charge in [0.2, 0.25) is 0 Å². The third kappa shape index (κ3) is 3.47. The number of amides is 1. The van der Waals surface area contributed by atoms with Crippen LogP contribution in [-0.2, 0) is 9.53 Å². The Bertz CT molecular complexity index is 331. The Hall–Kier alpha value is -1.06. The summed E-state index contributed by atoms with van der Waals surface area (Å²) in [7, 11) is 0. The normalized spacial score (nSPS) is 21.8. The van der Waals surface area contributed by atoms with E-state index in [-0.39, 0.29) is 12.1 Å². The molecule has 2 saturated carbocycles. The highest BCUT2D eigenvalue weighted by atomic mass is 16.6. The van der Waals surface area contributed by atoms with E-state index in [4.69, 9.17) is 4.74 Å². The molecule has 0 heterocycles. The van der Waals surface area contributed by atoms with Gasteiger partial charge in [0, 0.05) is 24.9 Å².